The van der Waals surface area contributed by atoms with E-state index in [-0.39, 0.29) is 10.6 Å². The molecule has 0 amide bonds. The highest BCUT2D eigenvalue weighted by Crippen LogP contribution is 2.23. The van der Waals surface area contributed by atoms with Gasteiger partial charge in [-0.05, 0) is 17.2 Å². The Kier molecular flexibility index (Phi) is 5.00. The van der Waals surface area contributed by atoms with Crippen LogP contribution in [0.1, 0.15) is 16.8 Å². The summed E-state index contributed by atoms with van der Waals surface area (Å²) in [6.45, 7) is 4.98. The number of rotatable bonds is 6. The highest BCUT2D eigenvalue weighted by atomic mass is 16.6. The fourth-order valence-electron chi connectivity index (χ4n) is 2.79. The van der Waals surface area contributed by atoms with Gasteiger partial charge in [0.2, 0.25) is 5.69 Å². The molecular weight excluding hydrogens is 312 g/mol. The molecule has 25 heavy (non-hydrogen) atoms. The molecule has 0 spiro atoms. The van der Waals surface area contributed by atoms with E-state index in [0.717, 1.165) is 29.8 Å². The van der Waals surface area contributed by atoms with Crippen molar-refractivity contribution < 1.29 is 9.49 Å². The van der Waals surface area contributed by atoms with E-state index in [9.17, 15) is 10.1 Å². The maximum absolute atomic E-state index is 11.0. The second-order valence-corrected chi connectivity index (χ2v) is 5.80. The Morgan fingerprint density at radius 2 is 1.76 bits per heavy atom. The predicted octanol–water partition coefficient (Wildman–Crippen LogP) is 4.19. The molecule has 0 fully saturated rings. The van der Waals surface area contributed by atoms with E-state index in [1.54, 1.807) is 12.1 Å². The third-order valence-corrected chi connectivity index (χ3v) is 4.14. The van der Waals surface area contributed by atoms with E-state index in [2.05, 4.69) is 23.3 Å². The van der Waals surface area contributed by atoms with Crippen molar-refractivity contribution in [3.05, 3.63) is 113 Å². The summed E-state index contributed by atoms with van der Waals surface area (Å²) in [5, 5.41) is 11.0. The lowest BCUT2D eigenvalue weighted by atomic mass is 10.0. The second-order valence-electron chi connectivity index (χ2n) is 5.80. The highest BCUT2D eigenvalue weighted by molar-refractivity contribution is 5.75. The lowest BCUT2D eigenvalue weighted by Gasteiger charge is -2.07. The van der Waals surface area contributed by atoms with Crippen LogP contribution < -0.4 is 4.57 Å². The molecule has 0 aliphatic heterocycles. The van der Waals surface area contributed by atoms with Crippen molar-refractivity contribution in [1.82, 2.24) is 0 Å². The number of non-ortho nitro benzene ring substituents is 1. The third-order valence-electron chi connectivity index (χ3n) is 4.14. The number of aryl methyl sites for hydroxylation is 2. The van der Waals surface area contributed by atoms with Crippen LogP contribution in [0.4, 0.5) is 5.69 Å². The van der Waals surface area contributed by atoms with Crippen LogP contribution in [0.3, 0.4) is 0 Å². The Morgan fingerprint density at radius 1 is 1.00 bits per heavy atom. The van der Waals surface area contributed by atoms with E-state index >= 15 is 0 Å². The predicted molar refractivity (Wildman–Crippen MR) is 98.0 cm³/mol. The number of hydrogen-bond acceptors (Lipinski definition) is 2. The van der Waals surface area contributed by atoms with Gasteiger partial charge in [0.05, 0.1) is 4.92 Å². The number of aromatic nitrogens is 1. The van der Waals surface area contributed by atoms with Gasteiger partial charge in [0.25, 0.3) is 5.69 Å². The van der Waals surface area contributed by atoms with Crippen LogP contribution in [-0.2, 0) is 13.0 Å². The number of nitrogens with zero attached hydrogens (tertiary/aromatic N) is 2. The Balaban J connectivity index is 1.86. The first-order chi connectivity index (χ1) is 12.1. The summed E-state index contributed by atoms with van der Waals surface area (Å²) in [4.78, 5) is 10.6. The van der Waals surface area contributed by atoms with Crippen molar-refractivity contribution in [2.75, 3.05) is 0 Å². The van der Waals surface area contributed by atoms with Crippen LogP contribution in [-0.4, -0.2) is 4.92 Å². The van der Waals surface area contributed by atoms with Crippen molar-refractivity contribution in [2.45, 2.75) is 13.0 Å². The maximum atomic E-state index is 11.0. The molecule has 0 N–H and O–H groups in total. The summed E-state index contributed by atoms with van der Waals surface area (Å²) in [5.74, 6) is 0. The fourth-order valence-corrected chi connectivity index (χ4v) is 2.79. The SMILES string of the molecule is C=C(c1cccc([N+](=O)[O-])c1)c1cccc[n+]1CCc1ccccc1. The normalized spacial score (nSPS) is 10.4. The summed E-state index contributed by atoms with van der Waals surface area (Å²) < 4.78 is 2.13. The van der Waals surface area contributed by atoms with Crippen molar-refractivity contribution in [3.63, 3.8) is 0 Å². The van der Waals surface area contributed by atoms with Gasteiger partial charge in [0, 0.05) is 36.3 Å². The molecule has 4 nitrogen and oxygen atoms in total. The number of benzene rings is 2. The molecule has 1 aromatic heterocycles. The van der Waals surface area contributed by atoms with Gasteiger partial charge in [-0.1, -0.05) is 49.0 Å². The van der Waals surface area contributed by atoms with Gasteiger partial charge in [0.1, 0.15) is 0 Å². The molecule has 1 heterocycles. The smallest absolute Gasteiger partial charge is 0.258 e. The van der Waals surface area contributed by atoms with Gasteiger partial charge in [0.15, 0.2) is 12.7 Å². The van der Waals surface area contributed by atoms with Crippen LogP contribution in [0.2, 0.25) is 0 Å². The molecule has 0 bridgehead atoms. The van der Waals surface area contributed by atoms with Gasteiger partial charge in [-0.3, -0.25) is 10.1 Å². The first kappa shape index (κ1) is 16.6. The molecule has 2 aromatic carbocycles. The molecule has 0 aliphatic carbocycles. The lowest BCUT2D eigenvalue weighted by molar-refractivity contribution is -0.698. The molecule has 0 atom stereocenters. The molecule has 0 saturated carbocycles. The number of nitro benzene ring substituents is 1. The molecular formula is C21H19N2O2+. The lowest BCUT2D eigenvalue weighted by Crippen LogP contribution is -2.38. The molecule has 3 aromatic rings. The largest absolute Gasteiger partial charge is 0.270 e. The van der Waals surface area contributed by atoms with E-state index in [0.29, 0.717) is 0 Å². The summed E-state index contributed by atoms with van der Waals surface area (Å²) in [5.41, 5.74) is 3.83. The van der Waals surface area contributed by atoms with Crippen molar-refractivity contribution in [3.8, 4) is 0 Å². The standard InChI is InChI=1S/C21H19N2O2/c1-17(19-10-7-11-20(16-19)23(24)25)21-12-5-6-14-22(21)15-13-18-8-3-2-4-9-18/h2-12,14,16H,1,13,15H2/q+1. The molecule has 4 heteroatoms. The van der Waals surface area contributed by atoms with E-state index in [1.165, 1.54) is 11.6 Å². The number of pyridine rings is 1. The first-order valence-electron chi connectivity index (χ1n) is 8.11. The summed E-state index contributed by atoms with van der Waals surface area (Å²) in [6, 6.07) is 22.8. The zero-order valence-corrected chi connectivity index (χ0v) is 13.8. The first-order valence-corrected chi connectivity index (χ1v) is 8.11. The minimum absolute atomic E-state index is 0.0745. The van der Waals surface area contributed by atoms with Gasteiger partial charge < -0.3 is 0 Å². The average molecular weight is 331 g/mol. The second kappa shape index (κ2) is 7.53. The summed E-state index contributed by atoms with van der Waals surface area (Å²) >= 11 is 0. The van der Waals surface area contributed by atoms with Crippen LogP contribution in [0.5, 0.6) is 0 Å². The maximum Gasteiger partial charge on any atom is 0.270 e. The van der Waals surface area contributed by atoms with Crippen LogP contribution >= 0.6 is 0 Å². The number of nitro groups is 1. The summed E-state index contributed by atoms with van der Waals surface area (Å²) in [6.07, 6.45) is 2.92. The Bertz CT molecular complexity index is 905. The third kappa shape index (κ3) is 3.98. The Morgan fingerprint density at radius 3 is 2.52 bits per heavy atom. The van der Waals surface area contributed by atoms with Crippen LogP contribution in [0.15, 0.2) is 85.6 Å². The molecule has 0 radical (unpaired) electrons. The quantitative estimate of drug-likeness (QED) is 0.386. The zero-order chi connectivity index (χ0) is 17.6. The molecule has 0 unspecified atom stereocenters. The van der Waals surface area contributed by atoms with Crippen molar-refractivity contribution in [2.24, 2.45) is 0 Å². The average Bonchev–Trinajstić information content (AvgIpc) is 2.67. The Hall–Kier alpha value is -3.27. The van der Waals surface area contributed by atoms with E-state index < -0.39 is 0 Å². The number of hydrogen-bond donors (Lipinski definition) is 0. The molecule has 0 saturated heterocycles. The minimum Gasteiger partial charge on any atom is -0.258 e. The van der Waals surface area contributed by atoms with Gasteiger partial charge >= 0.3 is 0 Å². The topological polar surface area (TPSA) is 47.0 Å². The van der Waals surface area contributed by atoms with Gasteiger partial charge in [-0.25, -0.2) is 0 Å². The van der Waals surface area contributed by atoms with Gasteiger partial charge in [-0.15, -0.1) is 0 Å². The van der Waals surface area contributed by atoms with Crippen molar-refractivity contribution >= 4 is 11.3 Å². The monoisotopic (exact) mass is 331 g/mol. The molecule has 3 rings (SSSR count). The molecule has 0 aliphatic rings. The minimum atomic E-state index is -0.384. The molecule has 124 valence electrons. The van der Waals surface area contributed by atoms with Crippen molar-refractivity contribution in [1.29, 1.82) is 0 Å². The van der Waals surface area contributed by atoms with E-state index in [1.807, 2.05) is 48.7 Å². The van der Waals surface area contributed by atoms with Crippen LogP contribution in [0, 0.1) is 10.1 Å². The Labute approximate surface area is 146 Å². The fraction of sp³-hybridized carbons (Fsp3) is 0.0952. The summed E-state index contributed by atoms with van der Waals surface area (Å²) in [7, 11) is 0. The van der Waals surface area contributed by atoms with E-state index in [4.69, 9.17) is 0 Å². The van der Waals surface area contributed by atoms with Gasteiger partial charge in [-0.2, -0.15) is 4.57 Å². The highest BCUT2D eigenvalue weighted by Gasteiger charge is 2.16. The van der Waals surface area contributed by atoms with Crippen LogP contribution in [0.25, 0.3) is 5.57 Å². The zero-order valence-electron chi connectivity index (χ0n) is 13.8.